The molecule has 0 aromatic heterocycles. The molecule has 1 saturated heterocycles. The van der Waals surface area contributed by atoms with E-state index in [9.17, 15) is 17.6 Å². The lowest BCUT2D eigenvalue weighted by Crippen LogP contribution is -2.42. The smallest absolute Gasteiger partial charge is 0.240 e. The minimum atomic E-state index is -3.69. The Balaban J connectivity index is 2.02. The number of carbonyl (C=O) groups excluding carboxylic acids is 1. The van der Waals surface area contributed by atoms with E-state index in [4.69, 9.17) is 4.74 Å². The average Bonchev–Trinajstić information content (AvgIpc) is 2.94. The summed E-state index contributed by atoms with van der Waals surface area (Å²) in [4.78, 5) is 11.9. The van der Waals surface area contributed by atoms with Crippen molar-refractivity contribution in [3.8, 4) is 0 Å². The standard InChI is InChI=1S/C14H19FN2O4S/c1-22(19,20)17(12-5-2-4-11(15)8-12)10-14(18)16-9-13-6-3-7-21-13/h2,4-5,8,13H,3,6-7,9-10H2,1H3,(H,16,18). The number of halogens is 1. The summed E-state index contributed by atoms with van der Waals surface area (Å²) < 4.78 is 43.2. The number of amides is 1. The van der Waals surface area contributed by atoms with Crippen molar-refractivity contribution in [2.24, 2.45) is 0 Å². The van der Waals surface area contributed by atoms with Crippen molar-refractivity contribution in [3.05, 3.63) is 30.1 Å². The predicted molar refractivity (Wildman–Crippen MR) is 80.6 cm³/mol. The van der Waals surface area contributed by atoms with Gasteiger partial charge in [-0.2, -0.15) is 0 Å². The molecule has 6 nitrogen and oxygen atoms in total. The molecule has 1 heterocycles. The van der Waals surface area contributed by atoms with E-state index in [1.54, 1.807) is 0 Å². The maximum absolute atomic E-state index is 13.3. The zero-order chi connectivity index (χ0) is 16.2. The van der Waals surface area contributed by atoms with Gasteiger partial charge in [0.15, 0.2) is 0 Å². The highest BCUT2D eigenvalue weighted by Gasteiger charge is 2.22. The molecule has 1 aromatic carbocycles. The fourth-order valence-electron chi connectivity index (χ4n) is 2.25. The van der Waals surface area contributed by atoms with Crippen LogP contribution in [0.3, 0.4) is 0 Å². The van der Waals surface area contributed by atoms with Crippen LogP contribution in [-0.4, -0.2) is 46.4 Å². The van der Waals surface area contributed by atoms with Crippen molar-refractivity contribution >= 4 is 21.6 Å². The molecule has 8 heteroatoms. The Bertz CT molecular complexity index is 629. The van der Waals surface area contributed by atoms with Crippen molar-refractivity contribution in [2.75, 3.05) is 30.3 Å². The summed E-state index contributed by atoms with van der Waals surface area (Å²) in [5.74, 6) is -1.02. The number of ether oxygens (including phenoxy) is 1. The summed E-state index contributed by atoms with van der Waals surface area (Å²) in [5, 5.41) is 2.65. The van der Waals surface area contributed by atoms with Crippen LogP contribution in [0.1, 0.15) is 12.8 Å². The highest BCUT2D eigenvalue weighted by Crippen LogP contribution is 2.18. The minimum Gasteiger partial charge on any atom is -0.376 e. The van der Waals surface area contributed by atoms with E-state index in [0.29, 0.717) is 13.2 Å². The number of sulfonamides is 1. The van der Waals surface area contributed by atoms with Gasteiger partial charge >= 0.3 is 0 Å². The molecule has 1 aromatic rings. The fraction of sp³-hybridized carbons (Fsp3) is 0.500. The monoisotopic (exact) mass is 330 g/mol. The predicted octanol–water partition coefficient (Wildman–Crippen LogP) is 0.887. The Morgan fingerprint density at radius 1 is 1.50 bits per heavy atom. The molecular weight excluding hydrogens is 311 g/mol. The van der Waals surface area contributed by atoms with E-state index in [1.165, 1.54) is 18.2 Å². The van der Waals surface area contributed by atoms with Gasteiger partial charge in [0.25, 0.3) is 0 Å². The molecule has 0 aliphatic carbocycles. The Hall–Kier alpha value is -1.67. The SMILES string of the molecule is CS(=O)(=O)N(CC(=O)NCC1CCCO1)c1cccc(F)c1. The number of anilines is 1. The summed E-state index contributed by atoms with van der Waals surface area (Å²) in [5.41, 5.74) is 0.120. The maximum atomic E-state index is 13.3. The fourth-order valence-corrected chi connectivity index (χ4v) is 3.10. The van der Waals surface area contributed by atoms with E-state index >= 15 is 0 Å². The third-order valence-corrected chi connectivity index (χ3v) is 4.48. The second kappa shape index (κ2) is 7.06. The first-order valence-corrected chi connectivity index (χ1v) is 8.82. The largest absolute Gasteiger partial charge is 0.376 e. The molecular formula is C14H19FN2O4S. The minimum absolute atomic E-state index is 0.0233. The van der Waals surface area contributed by atoms with Crippen LogP contribution in [0.15, 0.2) is 24.3 Å². The molecule has 1 aliphatic rings. The van der Waals surface area contributed by atoms with Crippen molar-refractivity contribution in [2.45, 2.75) is 18.9 Å². The number of nitrogens with one attached hydrogen (secondary N) is 1. The molecule has 0 bridgehead atoms. The van der Waals surface area contributed by atoms with Crippen molar-refractivity contribution in [1.29, 1.82) is 0 Å². The average molecular weight is 330 g/mol. The first-order chi connectivity index (χ1) is 10.4. The lowest BCUT2D eigenvalue weighted by atomic mass is 10.2. The lowest BCUT2D eigenvalue weighted by Gasteiger charge is -2.22. The Morgan fingerprint density at radius 3 is 2.86 bits per heavy atom. The van der Waals surface area contributed by atoms with Crippen LogP contribution in [0, 0.1) is 5.82 Å². The van der Waals surface area contributed by atoms with Crippen LogP contribution >= 0.6 is 0 Å². The van der Waals surface area contributed by atoms with Gasteiger partial charge in [0.2, 0.25) is 15.9 Å². The number of benzene rings is 1. The van der Waals surface area contributed by atoms with Crippen molar-refractivity contribution in [3.63, 3.8) is 0 Å². The topological polar surface area (TPSA) is 75.7 Å². The summed E-state index contributed by atoms with van der Waals surface area (Å²) in [6.07, 6.45) is 2.79. The number of nitrogens with zero attached hydrogens (tertiary/aromatic N) is 1. The number of rotatable bonds is 6. The number of hydrogen-bond acceptors (Lipinski definition) is 4. The second-order valence-electron chi connectivity index (χ2n) is 5.19. The maximum Gasteiger partial charge on any atom is 0.240 e. The van der Waals surface area contributed by atoms with E-state index in [0.717, 1.165) is 29.5 Å². The van der Waals surface area contributed by atoms with E-state index in [1.807, 2.05) is 0 Å². The molecule has 122 valence electrons. The van der Waals surface area contributed by atoms with Gasteiger partial charge in [0.1, 0.15) is 12.4 Å². The molecule has 2 rings (SSSR count). The van der Waals surface area contributed by atoms with Gasteiger partial charge in [-0.15, -0.1) is 0 Å². The summed E-state index contributed by atoms with van der Waals surface area (Å²) >= 11 is 0. The Kier molecular flexibility index (Phi) is 5.36. The third-order valence-electron chi connectivity index (χ3n) is 3.33. The van der Waals surface area contributed by atoms with Crippen molar-refractivity contribution < 1.29 is 22.3 Å². The molecule has 1 atom stereocenters. The van der Waals surface area contributed by atoms with E-state index in [-0.39, 0.29) is 11.8 Å². The van der Waals surface area contributed by atoms with Gasteiger partial charge in [-0.05, 0) is 31.0 Å². The van der Waals surface area contributed by atoms with Crippen LogP contribution in [0.25, 0.3) is 0 Å². The van der Waals surface area contributed by atoms with Crippen LogP contribution in [0.5, 0.6) is 0 Å². The molecule has 1 fully saturated rings. The lowest BCUT2D eigenvalue weighted by molar-refractivity contribution is -0.120. The Morgan fingerprint density at radius 2 is 2.27 bits per heavy atom. The molecule has 1 aliphatic heterocycles. The van der Waals surface area contributed by atoms with Gasteiger partial charge < -0.3 is 10.1 Å². The molecule has 0 saturated carbocycles. The molecule has 1 N–H and O–H groups in total. The molecule has 0 radical (unpaired) electrons. The first kappa shape index (κ1) is 16.7. The summed E-state index contributed by atoms with van der Waals surface area (Å²) in [6, 6.07) is 5.13. The van der Waals surface area contributed by atoms with Gasteiger partial charge in [0, 0.05) is 13.2 Å². The normalized spacial score (nSPS) is 18.2. The third kappa shape index (κ3) is 4.67. The highest BCUT2D eigenvalue weighted by atomic mass is 32.2. The molecule has 22 heavy (non-hydrogen) atoms. The second-order valence-corrected chi connectivity index (χ2v) is 7.10. The molecule has 1 unspecified atom stereocenters. The summed E-state index contributed by atoms with van der Waals surface area (Å²) in [7, 11) is -3.69. The number of carbonyl (C=O) groups is 1. The Labute approximate surface area is 129 Å². The van der Waals surface area contributed by atoms with Crippen molar-refractivity contribution in [1.82, 2.24) is 5.32 Å². The van der Waals surface area contributed by atoms with Crippen LogP contribution in [0.2, 0.25) is 0 Å². The van der Waals surface area contributed by atoms with Crippen LogP contribution in [0.4, 0.5) is 10.1 Å². The van der Waals surface area contributed by atoms with Gasteiger partial charge in [-0.1, -0.05) is 6.07 Å². The highest BCUT2D eigenvalue weighted by molar-refractivity contribution is 7.92. The van der Waals surface area contributed by atoms with E-state index < -0.39 is 28.3 Å². The summed E-state index contributed by atoms with van der Waals surface area (Å²) in [6.45, 7) is 0.633. The zero-order valence-electron chi connectivity index (χ0n) is 12.3. The molecule has 1 amide bonds. The molecule has 0 spiro atoms. The van der Waals surface area contributed by atoms with Crippen LogP contribution in [-0.2, 0) is 19.6 Å². The van der Waals surface area contributed by atoms with E-state index in [2.05, 4.69) is 5.32 Å². The first-order valence-electron chi connectivity index (χ1n) is 6.98. The van der Waals surface area contributed by atoms with Gasteiger partial charge in [0.05, 0.1) is 18.0 Å². The quantitative estimate of drug-likeness (QED) is 0.840. The van der Waals surface area contributed by atoms with Crippen LogP contribution < -0.4 is 9.62 Å². The van der Waals surface area contributed by atoms with Gasteiger partial charge in [-0.25, -0.2) is 12.8 Å². The zero-order valence-corrected chi connectivity index (χ0v) is 13.1. The van der Waals surface area contributed by atoms with Gasteiger partial charge in [-0.3, -0.25) is 9.10 Å². The number of hydrogen-bond donors (Lipinski definition) is 1.